The van der Waals surface area contributed by atoms with Crippen LogP contribution in [-0.4, -0.2) is 25.2 Å². The first-order valence-corrected chi connectivity index (χ1v) is 5.76. The molecule has 0 spiro atoms. The predicted molar refractivity (Wildman–Crippen MR) is 63.2 cm³/mol. The van der Waals surface area contributed by atoms with Crippen LogP contribution in [0.2, 0.25) is 0 Å². The summed E-state index contributed by atoms with van der Waals surface area (Å²) in [4.78, 5) is 23.9. The molecule has 0 saturated carbocycles. The summed E-state index contributed by atoms with van der Waals surface area (Å²) in [6.07, 6.45) is 4.13. The summed E-state index contributed by atoms with van der Waals surface area (Å²) in [6.45, 7) is 7.58. The Hall–Kier alpha value is -1.58. The summed E-state index contributed by atoms with van der Waals surface area (Å²) in [6, 6.07) is 0. The molecule has 17 heavy (non-hydrogen) atoms. The molecule has 0 bridgehead atoms. The van der Waals surface area contributed by atoms with E-state index in [4.69, 9.17) is 9.47 Å². The van der Waals surface area contributed by atoms with Crippen LogP contribution in [0.1, 0.15) is 26.7 Å². The van der Waals surface area contributed by atoms with E-state index in [-0.39, 0.29) is 13.2 Å². The van der Waals surface area contributed by atoms with Crippen molar-refractivity contribution in [1.82, 2.24) is 0 Å². The number of carbonyl (C=O) groups excluding carboxylic acids is 2. The Morgan fingerprint density at radius 3 is 2.24 bits per heavy atom. The van der Waals surface area contributed by atoms with E-state index in [1.54, 1.807) is 19.9 Å². The highest BCUT2D eigenvalue weighted by Gasteiger charge is 2.50. The van der Waals surface area contributed by atoms with Crippen LogP contribution in [-0.2, 0) is 19.1 Å². The molecule has 1 aliphatic rings. The van der Waals surface area contributed by atoms with Gasteiger partial charge in [-0.2, -0.15) is 0 Å². The molecule has 0 unspecified atom stereocenters. The number of carbonyl (C=O) groups is 2. The minimum atomic E-state index is -1.20. The number of ether oxygens (including phenoxy) is 2. The molecule has 0 saturated heterocycles. The molecule has 0 heterocycles. The van der Waals surface area contributed by atoms with Crippen molar-refractivity contribution < 1.29 is 19.1 Å². The van der Waals surface area contributed by atoms with Crippen LogP contribution in [0, 0.1) is 5.41 Å². The standard InChI is InChI=1S/C13H18O4/c1-4-10-7-8-13(9-10,11(14)16-5-2)12(15)17-6-3/h4,7H,1,5-6,8-9H2,2-3H3/i4+1. The van der Waals surface area contributed by atoms with E-state index in [1.165, 1.54) is 0 Å². The maximum absolute atomic E-state index is 12.0. The summed E-state index contributed by atoms with van der Waals surface area (Å²) in [7, 11) is 0. The number of rotatable bonds is 5. The second kappa shape index (κ2) is 5.66. The average Bonchev–Trinajstić information content (AvgIpc) is 2.75. The van der Waals surface area contributed by atoms with Gasteiger partial charge in [0, 0.05) is 0 Å². The first kappa shape index (κ1) is 13.5. The highest BCUT2D eigenvalue weighted by Crippen LogP contribution is 2.40. The van der Waals surface area contributed by atoms with Crippen molar-refractivity contribution >= 4 is 11.9 Å². The van der Waals surface area contributed by atoms with Gasteiger partial charge < -0.3 is 9.47 Å². The molecule has 0 aliphatic heterocycles. The van der Waals surface area contributed by atoms with E-state index < -0.39 is 17.4 Å². The molecule has 4 nitrogen and oxygen atoms in total. The molecule has 1 aliphatic carbocycles. The van der Waals surface area contributed by atoms with Gasteiger partial charge in [-0.1, -0.05) is 24.3 Å². The average molecular weight is 239 g/mol. The Bertz CT molecular complexity index is 336. The van der Waals surface area contributed by atoms with E-state index >= 15 is 0 Å². The molecule has 0 N–H and O–H groups in total. The molecule has 0 amide bonds. The normalized spacial score (nSPS) is 17.2. The monoisotopic (exact) mass is 239 g/mol. The maximum atomic E-state index is 12.0. The summed E-state index contributed by atoms with van der Waals surface area (Å²) in [5.41, 5.74) is -0.318. The van der Waals surface area contributed by atoms with Crippen molar-refractivity contribution in [2.24, 2.45) is 5.41 Å². The summed E-state index contributed by atoms with van der Waals surface area (Å²) in [5, 5.41) is 0. The Morgan fingerprint density at radius 2 is 1.88 bits per heavy atom. The largest absolute Gasteiger partial charge is 0.465 e. The topological polar surface area (TPSA) is 52.6 Å². The van der Waals surface area contributed by atoms with Gasteiger partial charge in [0.05, 0.1) is 13.2 Å². The molecule has 0 aromatic rings. The van der Waals surface area contributed by atoms with Crippen LogP contribution in [0.25, 0.3) is 0 Å². The minimum absolute atomic E-state index is 0.253. The van der Waals surface area contributed by atoms with E-state index in [1.807, 2.05) is 6.08 Å². The van der Waals surface area contributed by atoms with Gasteiger partial charge in [-0.05, 0) is 26.7 Å². The lowest BCUT2D eigenvalue weighted by atomic mass is 9.85. The number of allylic oxidation sites excluding steroid dienone is 3. The number of hydrogen-bond acceptors (Lipinski definition) is 4. The Morgan fingerprint density at radius 1 is 1.35 bits per heavy atom. The van der Waals surface area contributed by atoms with Crippen molar-refractivity contribution in [3.63, 3.8) is 0 Å². The fourth-order valence-electron chi connectivity index (χ4n) is 1.89. The maximum Gasteiger partial charge on any atom is 0.324 e. The highest BCUT2D eigenvalue weighted by molar-refractivity contribution is 6.01. The van der Waals surface area contributed by atoms with Gasteiger partial charge in [-0.15, -0.1) is 0 Å². The van der Waals surface area contributed by atoms with Gasteiger partial charge in [-0.3, -0.25) is 9.59 Å². The molecule has 0 fully saturated rings. The molecular weight excluding hydrogens is 221 g/mol. The lowest BCUT2D eigenvalue weighted by Gasteiger charge is -2.24. The molecule has 1 rings (SSSR count). The Labute approximate surface area is 101 Å². The van der Waals surface area contributed by atoms with E-state index in [0.717, 1.165) is 5.57 Å². The second-order valence-corrected chi connectivity index (χ2v) is 3.89. The molecule has 0 aromatic carbocycles. The fraction of sp³-hybridized carbons (Fsp3) is 0.538. The zero-order valence-corrected chi connectivity index (χ0v) is 10.3. The number of esters is 2. The Kier molecular flexibility index (Phi) is 4.49. The van der Waals surface area contributed by atoms with Crippen molar-refractivity contribution in [1.29, 1.82) is 0 Å². The van der Waals surface area contributed by atoms with Crippen LogP contribution < -0.4 is 0 Å². The third kappa shape index (κ3) is 2.57. The quantitative estimate of drug-likeness (QED) is 0.418. The lowest BCUT2D eigenvalue weighted by Crippen LogP contribution is -2.40. The highest BCUT2D eigenvalue weighted by atomic mass is 16.6. The van der Waals surface area contributed by atoms with Crippen LogP contribution in [0.4, 0.5) is 0 Å². The molecule has 0 atom stereocenters. The van der Waals surface area contributed by atoms with Gasteiger partial charge in [0.2, 0.25) is 0 Å². The van der Waals surface area contributed by atoms with E-state index in [2.05, 4.69) is 6.58 Å². The summed E-state index contributed by atoms with van der Waals surface area (Å²) >= 11 is 0. The van der Waals surface area contributed by atoms with Crippen LogP contribution >= 0.6 is 0 Å². The van der Waals surface area contributed by atoms with Crippen LogP contribution in [0.5, 0.6) is 0 Å². The predicted octanol–water partition coefficient (Wildman–Crippen LogP) is 2.01. The number of hydrogen-bond donors (Lipinski definition) is 0. The smallest absolute Gasteiger partial charge is 0.324 e. The van der Waals surface area contributed by atoms with Gasteiger partial charge in [-0.25, -0.2) is 0 Å². The van der Waals surface area contributed by atoms with Gasteiger partial charge in [0.25, 0.3) is 0 Å². The van der Waals surface area contributed by atoms with Gasteiger partial charge >= 0.3 is 11.9 Å². The minimum Gasteiger partial charge on any atom is -0.465 e. The third-order valence-electron chi connectivity index (χ3n) is 2.81. The van der Waals surface area contributed by atoms with Gasteiger partial charge in [0.15, 0.2) is 5.41 Å². The fourth-order valence-corrected chi connectivity index (χ4v) is 1.89. The molecular formula is C13H18O4. The van der Waals surface area contributed by atoms with E-state index in [0.29, 0.717) is 12.8 Å². The van der Waals surface area contributed by atoms with Crippen molar-refractivity contribution in [3.05, 3.63) is 24.3 Å². The van der Waals surface area contributed by atoms with Crippen LogP contribution in [0.15, 0.2) is 24.3 Å². The molecule has 0 radical (unpaired) electrons. The van der Waals surface area contributed by atoms with Crippen molar-refractivity contribution in [2.45, 2.75) is 26.7 Å². The molecule has 4 heteroatoms. The first-order chi connectivity index (χ1) is 8.10. The first-order valence-electron chi connectivity index (χ1n) is 5.76. The zero-order chi connectivity index (χ0) is 12.9. The van der Waals surface area contributed by atoms with Crippen LogP contribution in [0.3, 0.4) is 0 Å². The SMILES string of the molecule is C=[13CH]C1=CCC(C(=O)OCC)(C(=O)OCC)C1. The molecule has 94 valence electrons. The lowest BCUT2D eigenvalue weighted by molar-refractivity contribution is -0.171. The van der Waals surface area contributed by atoms with Gasteiger partial charge in [0.1, 0.15) is 0 Å². The molecule has 0 aromatic heterocycles. The second-order valence-electron chi connectivity index (χ2n) is 3.89. The van der Waals surface area contributed by atoms with E-state index in [9.17, 15) is 9.59 Å². The summed E-state index contributed by atoms with van der Waals surface area (Å²) in [5.74, 6) is -1.02. The zero-order valence-electron chi connectivity index (χ0n) is 10.3. The van der Waals surface area contributed by atoms with Crippen molar-refractivity contribution in [2.75, 3.05) is 13.2 Å². The Balaban J connectivity index is 2.92. The van der Waals surface area contributed by atoms with Crippen molar-refractivity contribution in [3.8, 4) is 0 Å². The third-order valence-corrected chi connectivity index (χ3v) is 2.81. The summed E-state index contributed by atoms with van der Waals surface area (Å²) < 4.78 is 9.96.